The summed E-state index contributed by atoms with van der Waals surface area (Å²) in [6.45, 7) is 0. The van der Waals surface area contributed by atoms with Crippen molar-refractivity contribution in [2.24, 2.45) is 7.05 Å². The van der Waals surface area contributed by atoms with Gasteiger partial charge in [0.25, 0.3) is 5.56 Å². The molecule has 9 nitrogen and oxygen atoms in total. The van der Waals surface area contributed by atoms with E-state index in [4.69, 9.17) is 9.62 Å². The first-order valence-corrected chi connectivity index (χ1v) is 9.77. The Morgan fingerprint density at radius 1 is 1.16 bits per heavy atom. The molecule has 0 radical (unpaired) electrons. The van der Waals surface area contributed by atoms with Crippen LogP contribution in [0.15, 0.2) is 76.1 Å². The molecule has 0 aliphatic rings. The van der Waals surface area contributed by atoms with Gasteiger partial charge in [-0.15, -0.1) is 0 Å². The second kappa shape index (κ2) is 8.58. The number of fused-ring (bicyclic) bond motifs is 1. The molecule has 9 heteroatoms. The smallest absolute Gasteiger partial charge is 0.265 e. The van der Waals surface area contributed by atoms with Crippen LogP contribution in [0.3, 0.4) is 0 Å². The first-order chi connectivity index (χ1) is 15.4. The van der Waals surface area contributed by atoms with Gasteiger partial charge in [0.05, 0.1) is 23.5 Å². The van der Waals surface area contributed by atoms with Crippen molar-refractivity contribution >= 4 is 28.1 Å². The minimum atomic E-state index is -0.656. The van der Waals surface area contributed by atoms with Gasteiger partial charge >= 0.3 is 0 Å². The zero-order chi connectivity index (χ0) is 22.8. The Morgan fingerprint density at radius 3 is 2.53 bits per heavy atom. The van der Waals surface area contributed by atoms with Crippen molar-refractivity contribution in [2.75, 3.05) is 10.5 Å². The van der Waals surface area contributed by atoms with Gasteiger partial charge in [0.1, 0.15) is 17.1 Å². The fraction of sp³-hybridized carbons (Fsp3) is 0.130. The number of hydrogen-bond acceptors (Lipinski definition) is 8. The molecule has 0 saturated carbocycles. The maximum absolute atomic E-state index is 13.2. The number of furan rings is 1. The van der Waals surface area contributed by atoms with Crippen molar-refractivity contribution in [3.63, 3.8) is 0 Å². The van der Waals surface area contributed by atoms with Crippen molar-refractivity contribution in [2.45, 2.75) is 12.5 Å². The van der Waals surface area contributed by atoms with Crippen LogP contribution in [-0.2, 0) is 7.05 Å². The number of para-hydroxylation sites is 1. The molecular formula is C23H20N3O6-. The third-order valence-electron chi connectivity index (χ3n) is 5.26. The van der Waals surface area contributed by atoms with Crippen LogP contribution in [0.1, 0.15) is 28.6 Å². The molecule has 0 spiro atoms. The molecule has 0 fully saturated rings. The molecule has 3 N–H and O–H groups in total. The molecule has 4 aromatic rings. The zero-order valence-electron chi connectivity index (χ0n) is 17.1. The number of benzene rings is 2. The van der Waals surface area contributed by atoms with E-state index in [2.05, 4.69) is 5.32 Å². The molecule has 0 bridgehead atoms. The van der Waals surface area contributed by atoms with Crippen molar-refractivity contribution in [3.05, 3.63) is 93.8 Å². The average molecular weight is 434 g/mol. The second-order valence-electron chi connectivity index (χ2n) is 7.26. The molecule has 164 valence electrons. The van der Waals surface area contributed by atoms with Crippen LogP contribution in [0.5, 0.6) is 5.75 Å². The third kappa shape index (κ3) is 3.94. The molecular weight excluding hydrogens is 414 g/mol. The number of pyridine rings is 1. The van der Waals surface area contributed by atoms with Gasteiger partial charge < -0.3 is 29.8 Å². The number of carbonyl (C=O) groups is 1. The number of carbonyl (C=O) groups excluding carboxylic acids is 1. The van der Waals surface area contributed by atoms with Crippen molar-refractivity contribution < 1.29 is 19.5 Å². The van der Waals surface area contributed by atoms with Gasteiger partial charge in [0.15, 0.2) is 5.78 Å². The highest BCUT2D eigenvalue weighted by atomic mass is 16.8. The molecule has 2 aromatic heterocycles. The van der Waals surface area contributed by atoms with Crippen molar-refractivity contribution in [1.29, 1.82) is 0 Å². The van der Waals surface area contributed by atoms with E-state index in [1.165, 1.54) is 23.0 Å². The Morgan fingerprint density at radius 2 is 1.88 bits per heavy atom. The minimum absolute atomic E-state index is 0.0470. The normalized spacial score (nSPS) is 12.0. The minimum Gasteiger partial charge on any atom is -0.733 e. The summed E-state index contributed by atoms with van der Waals surface area (Å²) in [4.78, 5) is 26.0. The van der Waals surface area contributed by atoms with E-state index in [0.717, 1.165) is 0 Å². The highest BCUT2D eigenvalue weighted by molar-refractivity contribution is 6.03. The molecule has 0 saturated heterocycles. The topological polar surface area (TPSA) is 131 Å². The zero-order valence-corrected chi connectivity index (χ0v) is 17.1. The Labute approximate surface area is 182 Å². The molecule has 0 amide bonds. The summed E-state index contributed by atoms with van der Waals surface area (Å²) in [6, 6.07) is 15.4. The fourth-order valence-corrected chi connectivity index (χ4v) is 3.62. The lowest BCUT2D eigenvalue weighted by molar-refractivity contribution is 0.0969. The van der Waals surface area contributed by atoms with Gasteiger partial charge in [-0.1, -0.05) is 12.1 Å². The van der Waals surface area contributed by atoms with E-state index < -0.39 is 17.4 Å². The molecule has 0 aliphatic heterocycles. The number of aromatic nitrogens is 1. The Hall–Kier alpha value is -4.08. The summed E-state index contributed by atoms with van der Waals surface area (Å²) < 4.78 is 6.80. The van der Waals surface area contributed by atoms with E-state index in [1.807, 2.05) is 0 Å². The predicted octanol–water partition coefficient (Wildman–Crippen LogP) is 3.96. The van der Waals surface area contributed by atoms with Crippen LogP contribution in [0.4, 0.5) is 11.4 Å². The molecule has 32 heavy (non-hydrogen) atoms. The van der Waals surface area contributed by atoms with Crippen molar-refractivity contribution in [1.82, 2.24) is 4.57 Å². The van der Waals surface area contributed by atoms with Crippen LogP contribution in [0.2, 0.25) is 0 Å². The number of aromatic hydroxyl groups is 1. The van der Waals surface area contributed by atoms with Gasteiger partial charge in [-0.25, -0.2) is 0 Å². The van der Waals surface area contributed by atoms with E-state index >= 15 is 0 Å². The number of Topliss-reactive ketones (excluding diaryl/α,β-unsaturated/α-hetero) is 1. The van der Waals surface area contributed by atoms with Gasteiger partial charge in [-0.05, 0) is 48.5 Å². The largest absolute Gasteiger partial charge is 0.733 e. The lowest BCUT2D eigenvalue weighted by atomic mass is 10.00. The monoisotopic (exact) mass is 434 g/mol. The van der Waals surface area contributed by atoms with Crippen LogP contribution in [-0.4, -0.2) is 20.7 Å². The van der Waals surface area contributed by atoms with Crippen LogP contribution in [0.25, 0.3) is 10.9 Å². The van der Waals surface area contributed by atoms with Crippen molar-refractivity contribution in [3.8, 4) is 5.75 Å². The summed E-state index contributed by atoms with van der Waals surface area (Å²) in [5.74, 6) is -0.456. The molecule has 2 aromatic carbocycles. The SMILES string of the molecule is Cn1c(=O)c(C(=O)C[C@H](Nc2ccc(N([O-])O)cc2)c2ccco2)c(O)c2ccccc21. The number of nitrogens with one attached hydrogen (secondary N) is 1. The quantitative estimate of drug-likeness (QED) is 0.294. The van der Waals surface area contributed by atoms with Gasteiger partial charge in [0.2, 0.25) is 0 Å². The lowest BCUT2D eigenvalue weighted by Crippen LogP contribution is -2.26. The predicted molar refractivity (Wildman–Crippen MR) is 119 cm³/mol. The third-order valence-corrected chi connectivity index (χ3v) is 5.26. The number of rotatable bonds is 7. The maximum Gasteiger partial charge on any atom is 0.265 e. The summed E-state index contributed by atoms with van der Waals surface area (Å²) >= 11 is 0. The Balaban J connectivity index is 1.68. The maximum atomic E-state index is 13.2. The summed E-state index contributed by atoms with van der Waals surface area (Å²) in [6.07, 6.45) is 1.29. The Kier molecular flexibility index (Phi) is 5.67. The number of nitrogens with zero attached hydrogens (tertiary/aromatic N) is 2. The molecule has 1 atom stereocenters. The van der Waals surface area contributed by atoms with Gasteiger partial charge in [-0.2, -0.15) is 0 Å². The van der Waals surface area contributed by atoms with Gasteiger partial charge in [0, 0.05) is 24.5 Å². The highest BCUT2D eigenvalue weighted by Gasteiger charge is 2.26. The first kappa shape index (κ1) is 21.2. The first-order valence-electron chi connectivity index (χ1n) is 9.77. The number of ketones is 1. The number of anilines is 2. The van der Waals surface area contributed by atoms with Crippen LogP contribution >= 0.6 is 0 Å². The van der Waals surface area contributed by atoms with E-state index in [-0.39, 0.29) is 28.6 Å². The lowest BCUT2D eigenvalue weighted by Gasteiger charge is -2.22. The highest BCUT2D eigenvalue weighted by Crippen LogP contribution is 2.30. The van der Waals surface area contributed by atoms with Crippen LogP contribution in [0, 0.1) is 5.21 Å². The summed E-state index contributed by atoms with van der Waals surface area (Å²) in [5, 5.41) is 34.0. The second-order valence-corrected chi connectivity index (χ2v) is 7.26. The van der Waals surface area contributed by atoms with E-state index in [9.17, 15) is 19.9 Å². The standard InChI is InChI=1S/C23H20N3O6/c1-25-18-6-3-2-5-16(18)22(28)21(23(25)29)19(27)13-17(20-7-4-12-32-20)24-14-8-10-15(11-9-14)26(30)31/h2-12,17,24,28,30H,13H2,1H3/q-1/t17-/m0/s1. The van der Waals surface area contributed by atoms with Crippen LogP contribution < -0.4 is 16.1 Å². The Bertz CT molecular complexity index is 1310. The van der Waals surface area contributed by atoms with E-state index in [0.29, 0.717) is 22.4 Å². The van der Waals surface area contributed by atoms with Gasteiger partial charge in [-0.3, -0.25) is 14.8 Å². The molecule has 0 unspecified atom stereocenters. The molecule has 4 rings (SSSR count). The molecule has 2 heterocycles. The summed E-state index contributed by atoms with van der Waals surface area (Å²) in [5.41, 5.74) is 0.240. The van der Waals surface area contributed by atoms with E-state index in [1.54, 1.807) is 55.6 Å². The number of aryl methyl sites for hydroxylation is 1. The average Bonchev–Trinajstić information content (AvgIpc) is 3.32. The fourth-order valence-electron chi connectivity index (χ4n) is 3.62. The summed E-state index contributed by atoms with van der Waals surface area (Å²) in [7, 11) is 1.55. The number of hydrogen-bond donors (Lipinski definition) is 3. The molecule has 0 aliphatic carbocycles.